The van der Waals surface area contributed by atoms with E-state index in [1.807, 2.05) is 25.1 Å². The van der Waals surface area contributed by atoms with Gasteiger partial charge in [-0.3, -0.25) is 0 Å². The zero-order valence-corrected chi connectivity index (χ0v) is 10.8. The van der Waals surface area contributed by atoms with Crippen molar-refractivity contribution < 1.29 is 4.74 Å². The number of hydrogen-bond donors (Lipinski definition) is 0. The van der Waals surface area contributed by atoms with Gasteiger partial charge in [0.1, 0.15) is 5.75 Å². The molecule has 1 rings (SSSR count). The lowest BCUT2D eigenvalue weighted by molar-refractivity contribution is 0.314. The van der Waals surface area contributed by atoms with Crippen LogP contribution in [0.5, 0.6) is 5.75 Å². The van der Waals surface area contributed by atoms with Crippen molar-refractivity contribution in [1.29, 1.82) is 0 Å². The summed E-state index contributed by atoms with van der Waals surface area (Å²) in [6.07, 6.45) is 7.25. The Morgan fingerprint density at radius 1 is 1.38 bits per heavy atom. The summed E-state index contributed by atoms with van der Waals surface area (Å²) in [6.45, 7) is 4.90. The summed E-state index contributed by atoms with van der Waals surface area (Å²) >= 11 is 5.99. The number of ether oxygens (including phenoxy) is 1. The Balaban J connectivity index is 2.72. The number of rotatable bonds is 6. The Kier molecular flexibility index (Phi) is 6.02. The Hall–Kier alpha value is -0.950. The average molecular weight is 239 g/mol. The number of benzene rings is 1. The number of hydrogen-bond acceptors (Lipinski definition) is 1. The number of aryl methyl sites for hydroxylation is 1. The fourth-order valence-corrected chi connectivity index (χ4v) is 1.70. The molecule has 0 amide bonds. The molecule has 16 heavy (non-hydrogen) atoms. The van der Waals surface area contributed by atoms with Crippen LogP contribution in [0.15, 0.2) is 30.4 Å². The van der Waals surface area contributed by atoms with Gasteiger partial charge in [0.05, 0.1) is 6.61 Å². The van der Waals surface area contributed by atoms with E-state index >= 15 is 0 Å². The van der Waals surface area contributed by atoms with Crippen molar-refractivity contribution >= 4 is 11.6 Å². The SMILES string of the molecule is C/C=C\CCc1cc(Cl)ccc1OCCC. The van der Waals surface area contributed by atoms with E-state index in [-0.39, 0.29) is 0 Å². The topological polar surface area (TPSA) is 9.23 Å². The smallest absolute Gasteiger partial charge is 0.122 e. The monoisotopic (exact) mass is 238 g/mol. The molecule has 0 aliphatic carbocycles. The molecular formula is C14H19ClO. The fraction of sp³-hybridized carbons (Fsp3) is 0.429. The second kappa shape index (κ2) is 7.34. The molecule has 0 saturated carbocycles. The van der Waals surface area contributed by atoms with Crippen molar-refractivity contribution in [3.8, 4) is 5.75 Å². The normalized spacial score (nSPS) is 10.9. The Morgan fingerprint density at radius 2 is 2.19 bits per heavy atom. The molecule has 0 heterocycles. The summed E-state index contributed by atoms with van der Waals surface area (Å²) in [7, 11) is 0. The first-order valence-electron chi connectivity index (χ1n) is 5.80. The van der Waals surface area contributed by atoms with E-state index in [1.165, 1.54) is 5.56 Å². The van der Waals surface area contributed by atoms with Crippen LogP contribution in [-0.2, 0) is 6.42 Å². The molecule has 0 radical (unpaired) electrons. The highest BCUT2D eigenvalue weighted by Crippen LogP contribution is 2.24. The maximum absolute atomic E-state index is 5.99. The fourth-order valence-electron chi connectivity index (χ4n) is 1.50. The Morgan fingerprint density at radius 3 is 2.88 bits per heavy atom. The van der Waals surface area contributed by atoms with Crippen LogP contribution in [0.4, 0.5) is 0 Å². The van der Waals surface area contributed by atoms with Gasteiger partial charge in [-0.1, -0.05) is 30.7 Å². The molecule has 0 fully saturated rings. The largest absolute Gasteiger partial charge is 0.493 e. The van der Waals surface area contributed by atoms with Crippen LogP contribution in [0.25, 0.3) is 0 Å². The summed E-state index contributed by atoms with van der Waals surface area (Å²) in [4.78, 5) is 0. The summed E-state index contributed by atoms with van der Waals surface area (Å²) < 4.78 is 5.69. The van der Waals surface area contributed by atoms with Crippen LogP contribution >= 0.6 is 11.6 Å². The van der Waals surface area contributed by atoms with Crippen molar-refractivity contribution in [2.45, 2.75) is 33.1 Å². The van der Waals surface area contributed by atoms with Crippen molar-refractivity contribution in [3.63, 3.8) is 0 Å². The van der Waals surface area contributed by atoms with Gasteiger partial charge in [-0.25, -0.2) is 0 Å². The third-order valence-electron chi connectivity index (χ3n) is 2.30. The molecule has 0 unspecified atom stereocenters. The first-order valence-corrected chi connectivity index (χ1v) is 6.18. The molecule has 2 heteroatoms. The summed E-state index contributed by atoms with van der Waals surface area (Å²) in [5, 5.41) is 0.777. The van der Waals surface area contributed by atoms with Crippen LogP contribution in [0.3, 0.4) is 0 Å². The summed E-state index contributed by atoms with van der Waals surface area (Å²) in [6, 6.07) is 5.84. The second-order valence-corrected chi connectivity index (χ2v) is 4.14. The lowest BCUT2D eigenvalue weighted by Gasteiger charge is -2.10. The van der Waals surface area contributed by atoms with Crippen molar-refractivity contribution in [3.05, 3.63) is 40.9 Å². The van der Waals surface area contributed by atoms with Crippen molar-refractivity contribution in [2.75, 3.05) is 6.61 Å². The molecule has 0 aliphatic rings. The molecule has 1 aromatic rings. The highest BCUT2D eigenvalue weighted by Gasteiger charge is 2.03. The van der Waals surface area contributed by atoms with E-state index in [4.69, 9.17) is 16.3 Å². The quantitative estimate of drug-likeness (QED) is 0.657. The maximum atomic E-state index is 5.99. The van der Waals surface area contributed by atoms with E-state index in [2.05, 4.69) is 19.1 Å². The van der Waals surface area contributed by atoms with E-state index in [1.54, 1.807) is 0 Å². The Labute approximate surface area is 103 Å². The zero-order valence-electron chi connectivity index (χ0n) is 10.0. The van der Waals surface area contributed by atoms with E-state index in [0.717, 1.165) is 36.6 Å². The van der Waals surface area contributed by atoms with Gasteiger partial charge >= 0.3 is 0 Å². The summed E-state index contributed by atoms with van der Waals surface area (Å²) in [5.74, 6) is 0.968. The van der Waals surface area contributed by atoms with Crippen molar-refractivity contribution in [1.82, 2.24) is 0 Å². The van der Waals surface area contributed by atoms with Gasteiger partial charge in [0.2, 0.25) is 0 Å². The molecule has 88 valence electrons. The molecule has 0 spiro atoms. The molecule has 1 nitrogen and oxygen atoms in total. The van der Waals surface area contributed by atoms with Gasteiger partial charge in [-0.05, 0) is 49.9 Å². The lowest BCUT2D eigenvalue weighted by Crippen LogP contribution is -1.98. The minimum atomic E-state index is 0.762. The second-order valence-electron chi connectivity index (χ2n) is 3.71. The van der Waals surface area contributed by atoms with E-state index in [0.29, 0.717) is 0 Å². The van der Waals surface area contributed by atoms with Gasteiger partial charge in [0.15, 0.2) is 0 Å². The molecule has 0 N–H and O–H groups in total. The van der Waals surface area contributed by atoms with Crippen molar-refractivity contribution in [2.24, 2.45) is 0 Å². The highest BCUT2D eigenvalue weighted by atomic mass is 35.5. The molecule has 0 aliphatic heterocycles. The number of allylic oxidation sites excluding steroid dienone is 2. The van der Waals surface area contributed by atoms with Gasteiger partial charge < -0.3 is 4.74 Å². The third kappa shape index (κ3) is 4.28. The minimum Gasteiger partial charge on any atom is -0.493 e. The third-order valence-corrected chi connectivity index (χ3v) is 2.54. The predicted molar refractivity (Wildman–Crippen MR) is 70.4 cm³/mol. The molecule has 0 bridgehead atoms. The van der Waals surface area contributed by atoms with Crippen LogP contribution < -0.4 is 4.74 Å². The summed E-state index contributed by atoms with van der Waals surface area (Å²) in [5.41, 5.74) is 1.19. The predicted octanol–water partition coefficient (Wildman–Crippen LogP) is 4.64. The highest BCUT2D eigenvalue weighted by molar-refractivity contribution is 6.30. The number of halogens is 1. The van der Waals surface area contributed by atoms with Gasteiger partial charge in [0.25, 0.3) is 0 Å². The van der Waals surface area contributed by atoms with Crippen LogP contribution in [0.1, 0.15) is 32.3 Å². The zero-order chi connectivity index (χ0) is 11.8. The van der Waals surface area contributed by atoms with Crippen LogP contribution in [0, 0.1) is 0 Å². The molecule has 0 atom stereocenters. The van der Waals surface area contributed by atoms with Gasteiger partial charge in [-0.15, -0.1) is 0 Å². The molecule has 0 aromatic heterocycles. The van der Waals surface area contributed by atoms with Gasteiger partial charge in [-0.2, -0.15) is 0 Å². The van der Waals surface area contributed by atoms with E-state index < -0.39 is 0 Å². The molecule has 0 saturated heterocycles. The first kappa shape index (κ1) is 13.1. The first-order chi connectivity index (χ1) is 7.77. The maximum Gasteiger partial charge on any atom is 0.122 e. The Bertz CT molecular complexity index is 345. The van der Waals surface area contributed by atoms with Crippen LogP contribution in [-0.4, -0.2) is 6.61 Å². The average Bonchev–Trinajstić information content (AvgIpc) is 2.28. The lowest BCUT2D eigenvalue weighted by atomic mass is 10.1. The molecule has 1 aromatic carbocycles. The van der Waals surface area contributed by atoms with Gasteiger partial charge in [0, 0.05) is 5.02 Å². The standard InChI is InChI=1S/C14H19ClO/c1-3-5-6-7-12-11-13(15)8-9-14(12)16-10-4-2/h3,5,8-9,11H,4,6-7,10H2,1-2H3/b5-3-. The van der Waals surface area contributed by atoms with Crippen LogP contribution in [0.2, 0.25) is 5.02 Å². The molecular weight excluding hydrogens is 220 g/mol. The minimum absolute atomic E-state index is 0.762. The van der Waals surface area contributed by atoms with E-state index in [9.17, 15) is 0 Å².